The summed E-state index contributed by atoms with van der Waals surface area (Å²) < 4.78 is 0. The lowest BCUT2D eigenvalue weighted by molar-refractivity contribution is 0.165. The zero-order valence-electron chi connectivity index (χ0n) is 14.3. The maximum Gasteiger partial charge on any atom is 0.226 e. The van der Waals surface area contributed by atoms with Crippen LogP contribution in [0.25, 0.3) is 11.0 Å². The number of aliphatic hydroxyl groups is 1. The molecule has 4 rings (SSSR count). The fourth-order valence-corrected chi connectivity index (χ4v) is 3.46. The molecule has 1 aliphatic rings. The Balaban J connectivity index is 1.79. The molecule has 26 heavy (non-hydrogen) atoms. The second kappa shape index (κ2) is 6.54. The predicted molar refractivity (Wildman–Crippen MR) is 102 cm³/mol. The van der Waals surface area contributed by atoms with Gasteiger partial charge in [-0.3, -0.25) is 0 Å². The lowest BCUT2D eigenvalue weighted by atomic mass is 10.1. The smallest absolute Gasteiger partial charge is 0.226 e. The molecule has 0 aliphatic heterocycles. The molecule has 1 aliphatic carbocycles. The van der Waals surface area contributed by atoms with Crippen LogP contribution in [0.1, 0.15) is 17.2 Å². The van der Waals surface area contributed by atoms with Crippen molar-refractivity contribution in [2.45, 2.75) is 18.6 Å². The normalized spacial score (nSPS) is 18.6. The second-order valence-corrected chi connectivity index (χ2v) is 6.36. The van der Waals surface area contributed by atoms with Crippen molar-refractivity contribution in [2.24, 2.45) is 0 Å². The number of nitrogens with one attached hydrogen (secondary N) is 3. The summed E-state index contributed by atoms with van der Waals surface area (Å²) in [6.45, 7) is 0. The van der Waals surface area contributed by atoms with Gasteiger partial charge in [0.05, 0.1) is 12.1 Å². The summed E-state index contributed by atoms with van der Waals surface area (Å²) in [5, 5.41) is 19.8. The summed E-state index contributed by atoms with van der Waals surface area (Å²) in [4.78, 5) is 17.4. The minimum atomic E-state index is -0.546. The first kappa shape index (κ1) is 16.7. The van der Waals surface area contributed by atoms with E-state index in [0.717, 1.165) is 11.1 Å². The van der Waals surface area contributed by atoms with Crippen LogP contribution in [0.5, 0.6) is 0 Å². The molecule has 2 heterocycles. The first-order chi connectivity index (χ1) is 12.6. The van der Waals surface area contributed by atoms with Gasteiger partial charge in [0.1, 0.15) is 11.0 Å². The van der Waals surface area contributed by atoms with E-state index in [1.54, 1.807) is 14.1 Å². The van der Waals surface area contributed by atoms with E-state index in [2.05, 4.69) is 35.9 Å². The summed E-state index contributed by atoms with van der Waals surface area (Å²) in [5.74, 6) is 1.42. The van der Waals surface area contributed by atoms with Gasteiger partial charge in [0.15, 0.2) is 11.6 Å². The lowest BCUT2D eigenvalue weighted by Crippen LogP contribution is -2.22. The number of aromatic nitrogens is 4. The molecule has 134 valence electrons. The standard InChI is InChI=1S/C17H18ClN7O/c1-19-14-13-12(21-16(18)24-14)15(20-2)25-17(23-13)22-11-9-6-4-3-5-8(9)7-10(11)26/h3-6,10-11,26H,7H2,1-2H3,(H,19,21,24)(H2,20,22,23,25)/t10-,11-/m0/s1. The number of hydrogen-bond acceptors (Lipinski definition) is 8. The van der Waals surface area contributed by atoms with Crippen molar-refractivity contribution >= 4 is 40.2 Å². The number of anilines is 3. The molecule has 8 nitrogen and oxygen atoms in total. The maximum atomic E-state index is 10.5. The van der Waals surface area contributed by atoms with Gasteiger partial charge in [0.2, 0.25) is 11.2 Å². The molecule has 0 saturated carbocycles. The fraction of sp³-hybridized carbons (Fsp3) is 0.294. The van der Waals surface area contributed by atoms with Gasteiger partial charge in [-0.1, -0.05) is 24.3 Å². The van der Waals surface area contributed by atoms with Gasteiger partial charge < -0.3 is 21.1 Å². The van der Waals surface area contributed by atoms with Crippen LogP contribution in [0, 0.1) is 0 Å². The molecule has 0 amide bonds. The third kappa shape index (κ3) is 2.77. The highest BCUT2D eigenvalue weighted by Gasteiger charge is 2.31. The van der Waals surface area contributed by atoms with Crippen LogP contribution in [0.3, 0.4) is 0 Å². The summed E-state index contributed by atoms with van der Waals surface area (Å²) in [6, 6.07) is 7.68. The Morgan fingerprint density at radius 1 is 1.00 bits per heavy atom. The first-order valence-electron chi connectivity index (χ1n) is 8.24. The number of rotatable bonds is 4. The van der Waals surface area contributed by atoms with Crippen molar-refractivity contribution in [3.63, 3.8) is 0 Å². The second-order valence-electron chi connectivity index (χ2n) is 6.03. The molecule has 0 saturated heterocycles. The molecule has 0 bridgehead atoms. The predicted octanol–water partition coefficient (Wildman–Crippen LogP) is 2.23. The van der Waals surface area contributed by atoms with Crippen molar-refractivity contribution in [1.29, 1.82) is 0 Å². The molecule has 0 spiro atoms. The highest BCUT2D eigenvalue weighted by atomic mass is 35.5. The Bertz CT molecular complexity index is 981. The van der Waals surface area contributed by atoms with E-state index < -0.39 is 6.10 Å². The van der Waals surface area contributed by atoms with Crippen molar-refractivity contribution in [3.8, 4) is 0 Å². The molecule has 1 aromatic carbocycles. The minimum Gasteiger partial charge on any atom is -0.390 e. The monoisotopic (exact) mass is 371 g/mol. The number of hydrogen-bond donors (Lipinski definition) is 4. The number of fused-ring (bicyclic) bond motifs is 2. The fourth-order valence-electron chi connectivity index (χ4n) is 3.29. The van der Waals surface area contributed by atoms with E-state index in [4.69, 9.17) is 11.6 Å². The molecule has 0 fully saturated rings. The Hall–Kier alpha value is -2.71. The Labute approximate surface area is 155 Å². The van der Waals surface area contributed by atoms with Crippen LogP contribution < -0.4 is 16.0 Å². The molecular weight excluding hydrogens is 354 g/mol. The van der Waals surface area contributed by atoms with E-state index in [1.807, 2.05) is 24.3 Å². The lowest BCUT2D eigenvalue weighted by Gasteiger charge is -2.19. The summed E-state index contributed by atoms with van der Waals surface area (Å²) >= 11 is 5.99. The van der Waals surface area contributed by atoms with Gasteiger partial charge in [-0.05, 0) is 22.7 Å². The molecular formula is C17H18ClN7O. The van der Waals surface area contributed by atoms with Gasteiger partial charge in [0.25, 0.3) is 0 Å². The Morgan fingerprint density at radius 3 is 2.46 bits per heavy atom. The highest BCUT2D eigenvalue weighted by molar-refractivity contribution is 6.29. The summed E-state index contributed by atoms with van der Waals surface area (Å²) in [6.07, 6.45) is 0.0517. The molecule has 2 aromatic heterocycles. The topological polar surface area (TPSA) is 108 Å². The van der Waals surface area contributed by atoms with Crippen LogP contribution in [0.2, 0.25) is 5.28 Å². The SMILES string of the molecule is CNc1nc(N[C@H]2c3ccccc3C[C@@H]2O)nc2c(NC)nc(Cl)nc12. The Morgan fingerprint density at radius 2 is 1.69 bits per heavy atom. The number of halogens is 1. The number of aliphatic hydroxyl groups excluding tert-OH is 1. The van der Waals surface area contributed by atoms with E-state index >= 15 is 0 Å². The van der Waals surface area contributed by atoms with Crippen molar-refractivity contribution < 1.29 is 5.11 Å². The van der Waals surface area contributed by atoms with Crippen molar-refractivity contribution in [2.75, 3.05) is 30.0 Å². The molecule has 2 atom stereocenters. The molecule has 4 N–H and O–H groups in total. The van der Waals surface area contributed by atoms with E-state index in [-0.39, 0.29) is 11.3 Å². The van der Waals surface area contributed by atoms with Gasteiger partial charge in [-0.15, -0.1) is 0 Å². The quantitative estimate of drug-likeness (QED) is 0.517. The van der Waals surface area contributed by atoms with E-state index in [1.165, 1.54) is 0 Å². The van der Waals surface area contributed by atoms with Crippen molar-refractivity contribution in [3.05, 3.63) is 40.7 Å². The van der Waals surface area contributed by atoms with Crippen LogP contribution in [0.15, 0.2) is 24.3 Å². The minimum absolute atomic E-state index is 0.114. The van der Waals surface area contributed by atoms with Crippen molar-refractivity contribution in [1.82, 2.24) is 19.9 Å². The molecule has 3 aromatic rings. The molecule has 0 unspecified atom stereocenters. The van der Waals surface area contributed by atoms with Crippen LogP contribution in [-0.4, -0.2) is 45.2 Å². The van der Waals surface area contributed by atoms with E-state index in [0.29, 0.717) is 35.0 Å². The maximum absolute atomic E-state index is 10.5. The van der Waals surface area contributed by atoms with Crippen LogP contribution in [0.4, 0.5) is 17.6 Å². The average Bonchev–Trinajstić information content (AvgIpc) is 2.96. The van der Waals surface area contributed by atoms with Gasteiger partial charge in [-0.25, -0.2) is 9.97 Å². The van der Waals surface area contributed by atoms with Gasteiger partial charge in [0, 0.05) is 20.5 Å². The zero-order chi connectivity index (χ0) is 18.3. The highest BCUT2D eigenvalue weighted by Crippen LogP contribution is 2.34. The molecule has 0 radical (unpaired) electrons. The summed E-state index contributed by atoms with van der Waals surface area (Å²) in [5.41, 5.74) is 3.24. The Kier molecular flexibility index (Phi) is 4.21. The first-order valence-corrected chi connectivity index (χ1v) is 8.61. The number of nitrogens with zero attached hydrogens (tertiary/aromatic N) is 4. The van der Waals surface area contributed by atoms with E-state index in [9.17, 15) is 5.11 Å². The number of benzene rings is 1. The summed E-state index contributed by atoms with van der Waals surface area (Å²) in [7, 11) is 3.49. The van der Waals surface area contributed by atoms with Crippen LogP contribution >= 0.6 is 11.6 Å². The third-order valence-corrected chi connectivity index (χ3v) is 4.65. The average molecular weight is 372 g/mol. The van der Waals surface area contributed by atoms with Gasteiger partial charge >= 0.3 is 0 Å². The largest absolute Gasteiger partial charge is 0.390 e. The zero-order valence-corrected chi connectivity index (χ0v) is 15.0. The third-order valence-electron chi connectivity index (χ3n) is 4.48. The molecule has 9 heteroatoms. The van der Waals surface area contributed by atoms with Crippen LogP contribution in [-0.2, 0) is 6.42 Å². The van der Waals surface area contributed by atoms with Gasteiger partial charge in [-0.2, -0.15) is 9.97 Å².